The molecule has 1 saturated heterocycles. The Kier molecular flexibility index (Phi) is 3.39. The largest absolute Gasteiger partial charge is 0.377 e. The topological polar surface area (TPSA) is 30.3 Å². The van der Waals surface area contributed by atoms with Crippen LogP contribution < -0.4 is 0 Å². The minimum atomic E-state index is 0.179. The van der Waals surface area contributed by atoms with E-state index in [1.165, 1.54) is 45.2 Å². The summed E-state index contributed by atoms with van der Waals surface area (Å²) in [7, 11) is 1.87. The van der Waals surface area contributed by atoms with Crippen molar-refractivity contribution in [2.24, 2.45) is 0 Å². The molecule has 1 aliphatic carbocycles. The number of aromatic nitrogens is 2. The van der Waals surface area contributed by atoms with E-state index in [1.54, 1.807) is 0 Å². The lowest BCUT2D eigenvalue weighted by Gasteiger charge is -2.45. The Bertz CT molecular complexity index is 359. The molecular formula is C14H23N3O. The second-order valence-electron chi connectivity index (χ2n) is 5.73. The lowest BCUT2D eigenvalue weighted by atomic mass is 9.79. The highest BCUT2D eigenvalue weighted by molar-refractivity contribution is 4.93. The third kappa shape index (κ3) is 2.31. The first-order valence-electron chi connectivity index (χ1n) is 7.08. The molecule has 0 N–H and O–H groups in total. The zero-order chi connectivity index (χ0) is 12.4. The third-order valence-corrected chi connectivity index (χ3v) is 4.67. The van der Waals surface area contributed by atoms with Crippen LogP contribution >= 0.6 is 0 Å². The van der Waals surface area contributed by atoms with Crippen LogP contribution in [0.5, 0.6) is 0 Å². The summed E-state index contributed by atoms with van der Waals surface area (Å²) in [5.74, 6) is 0. The monoisotopic (exact) mass is 249 g/mol. The second kappa shape index (κ2) is 5.02. The van der Waals surface area contributed by atoms with Gasteiger partial charge < -0.3 is 9.64 Å². The van der Waals surface area contributed by atoms with Gasteiger partial charge in [0.1, 0.15) is 0 Å². The van der Waals surface area contributed by atoms with Crippen LogP contribution in [0.4, 0.5) is 0 Å². The number of rotatable bonds is 4. The van der Waals surface area contributed by atoms with Crippen molar-refractivity contribution in [3.63, 3.8) is 0 Å². The smallest absolute Gasteiger partial charge is 0.0805 e. The van der Waals surface area contributed by atoms with Gasteiger partial charge in [0.2, 0.25) is 0 Å². The third-order valence-electron chi connectivity index (χ3n) is 4.67. The fourth-order valence-electron chi connectivity index (χ4n) is 3.24. The van der Waals surface area contributed by atoms with Crippen LogP contribution in [0, 0.1) is 0 Å². The first-order chi connectivity index (χ1) is 8.81. The number of likely N-dealkylation sites (tertiary alicyclic amines) is 1. The highest BCUT2D eigenvalue weighted by atomic mass is 16.5. The molecule has 2 fully saturated rings. The van der Waals surface area contributed by atoms with E-state index in [0.717, 1.165) is 6.54 Å². The Morgan fingerprint density at radius 1 is 1.33 bits per heavy atom. The highest BCUT2D eigenvalue weighted by Gasteiger charge is 2.39. The zero-order valence-corrected chi connectivity index (χ0v) is 11.2. The van der Waals surface area contributed by atoms with Crippen molar-refractivity contribution >= 4 is 0 Å². The Hall–Kier alpha value is -0.870. The highest BCUT2D eigenvalue weighted by Crippen LogP contribution is 2.36. The minimum absolute atomic E-state index is 0.179. The number of methoxy groups -OCH3 is 1. The molecule has 0 radical (unpaired) electrons. The number of hydrogen-bond acceptors (Lipinski definition) is 3. The number of nitrogens with zero attached hydrogens (tertiary/aromatic N) is 3. The predicted molar refractivity (Wildman–Crippen MR) is 70.5 cm³/mol. The average Bonchev–Trinajstić information content (AvgIpc) is 2.88. The van der Waals surface area contributed by atoms with Gasteiger partial charge in [-0.05, 0) is 38.2 Å². The molecule has 3 rings (SSSR count). The van der Waals surface area contributed by atoms with Gasteiger partial charge in [-0.25, -0.2) is 0 Å². The van der Waals surface area contributed by atoms with Gasteiger partial charge in [-0.2, -0.15) is 5.10 Å². The Morgan fingerprint density at radius 2 is 2.11 bits per heavy atom. The van der Waals surface area contributed by atoms with E-state index in [9.17, 15) is 0 Å². The van der Waals surface area contributed by atoms with Crippen LogP contribution in [0.15, 0.2) is 18.5 Å². The van der Waals surface area contributed by atoms with Crippen LogP contribution in [-0.2, 0) is 4.74 Å². The molecule has 2 aliphatic rings. The fourth-order valence-corrected chi connectivity index (χ4v) is 3.24. The van der Waals surface area contributed by atoms with Crippen LogP contribution in [0.2, 0.25) is 0 Å². The summed E-state index contributed by atoms with van der Waals surface area (Å²) in [5, 5.41) is 4.36. The molecule has 18 heavy (non-hydrogen) atoms. The van der Waals surface area contributed by atoms with Gasteiger partial charge in [-0.3, -0.25) is 4.68 Å². The summed E-state index contributed by atoms with van der Waals surface area (Å²) < 4.78 is 7.83. The average molecular weight is 249 g/mol. The molecule has 100 valence electrons. The van der Waals surface area contributed by atoms with Crippen molar-refractivity contribution in [1.29, 1.82) is 0 Å². The molecule has 1 aromatic rings. The maximum atomic E-state index is 5.72. The lowest BCUT2D eigenvalue weighted by Crippen LogP contribution is -2.51. The van der Waals surface area contributed by atoms with Crippen molar-refractivity contribution in [2.45, 2.75) is 43.7 Å². The van der Waals surface area contributed by atoms with Gasteiger partial charge in [0.15, 0.2) is 0 Å². The maximum absolute atomic E-state index is 5.72. The van der Waals surface area contributed by atoms with Crippen molar-refractivity contribution in [3.05, 3.63) is 18.5 Å². The molecule has 0 aromatic carbocycles. The molecule has 2 heterocycles. The minimum Gasteiger partial charge on any atom is -0.377 e. The van der Waals surface area contributed by atoms with Gasteiger partial charge in [-0.15, -0.1) is 0 Å². The van der Waals surface area contributed by atoms with E-state index >= 15 is 0 Å². The van der Waals surface area contributed by atoms with Crippen molar-refractivity contribution in [2.75, 3.05) is 26.7 Å². The fraction of sp³-hybridized carbons (Fsp3) is 0.786. The van der Waals surface area contributed by atoms with Crippen LogP contribution in [0.1, 0.15) is 38.1 Å². The molecule has 4 nitrogen and oxygen atoms in total. The number of ether oxygens (including phenoxy) is 1. The van der Waals surface area contributed by atoms with E-state index in [4.69, 9.17) is 4.74 Å². The van der Waals surface area contributed by atoms with Crippen LogP contribution in [0.25, 0.3) is 0 Å². The maximum Gasteiger partial charge on any atom is 0.0805 e. The Labute approximate surface area is 109 Å². The quantitative estimate of drug-likeness (QED) is 0.818. The lowest BCUT2D eigenvalue weighted by molar-refractivity contribution is -0.0947. The van der Waals surface area contributed by atoms with Crippen molar-refractivity contribution < 1.29 is 4.74 Å². The first kappa shape index (κ1) is 12.2. The molecular weight excluding hydrogens is 226 g/mol. The summed E-state index contributed by atoms with van der Waals surface area (Å²) in [5.41, 5.74) is 0.179. The summed E-state index contributed by atoms with van der Waals surface area (Å²) in [6, 6.07) is 2.61. The molecule has 0 atom stereocenters. The van der Waals surface area contributed by atoms with E-state index in [-0.39, 0.29) is 5.60 Å². The molecule has 0 amide bonds. The summed E-state index contributed by atoms with van der Waals surface area (Å²) in [6.45, 7) is 3.47. The molecule has 0 bridgehead atoms. The first-order valence-corrected chi connectivity index (χ1v) is 7.08. The van der Waals surface area contributed by atoms with Gasteiger partial charge in [-0.1, -0.05) is 0 Å². The van der Waals surface area contributed by atoms with Gasteiger partial charge in [0.05, 0.1) is 11.6 Å². The molecule has 1 saturated carbocycles. The van der Waals surface area contributed by atoms with E-state index in [0.29, 0.717) is 6.04 Å². The molecule has 1 aromatic heterocycles. The number of piperidine rings is 1. The second-order valence-corrected chi connectivity index (χ2v) is 5.73. The molecule has 0 unspecified atom stereocenters. The SMILES string of the molecule is COC1(CN2CCC(n3cccn3)CC2)CCC1. The van der Waals surface area contributed by atoms with Crippen molar-refractivity contribution in [3.8, 4) is 0 Å². The Balaban J connectivity index is 1.51. The summed E-state index contributed by atoms with van der Waals surface area (Å²) in [4.78, 5) is 2.57. The molecule has 1 aliphatic heterocycles. The van der Waals surface area contributed by atoms with Gasteiger partial charge in [0.25, 0.3) is 0 Å². The summed E-state index contributed by atoms with van der Waals surface area (Å²) >= 11 is 0. The summed E-state index contributed by atoms with van der Waals surface area (Å²) in [6.07, 6.45) is 10.2. The van der Waals surface area contributed by atoms with Gasteiger partial charge in [0, 0.05) is 39.1 Å². The Morgan fingerprint density at radius 3 is 2.61 bits per heavy atom. The molecule has 4 heteroatoms. The standard InChI is InChI=1S/C14H23N3O/c1-18-14(6-2-7-14)12-16-10-4-13(5-11-16)17-9-3-8-15-17/h3,8-9,13H,2,4-7,10-12H2,1H3. The van der Waals surface area contributed by atoms with Gasteiger partial charge >= 0.3 is 0 Å². The van der Waals surface area contributed by atoms with E-state index in [2.05, 4.69) is 20.9 Å². The van der Waals surface area contributed by atoms with E-state index < -0.39 is 0 Å². The van der Waals surface area contributed by atoms with E-state index in [1.807, 2.05) is 19.4 Å². The van der Waals surface area contributed by atoms with Crippen LogP contribution in [-0.4, -0.2) is 47.0 Å². The predicted octanol–water partition coefficient (Wildman–Crippen LogP) is 2.09. The number of hydrogen-bond donors (Lipinski definition) is 0. The zero-order valence-electron chi connectivity index (χ0n) is 11.2. The normalized spacial score (nSPS) is 24.9. The van der Waals surface area contributed by atoms with Crippen molar-refractivity contribution in [1.82, 2.24) is 14.7 Å². The van der Waals surface area contributed by atoms with Crippen LogP contribution in [0.3, 0.4) is 0 Å². The molecule has 0 spiro atoms.